The molecule has 3 heteroatoms. The van der Waals surface area contributed by atoms with Crippen molar-refractivity contribution >= 4 is 11.6 Å². The van der Waals surface area contributed by atoms with Crippen molar-refractivity contribution in [2.45, 2.75) is 13.3 Å². The van der Waals surface area contributed by atoms with E-state index in [-0.39, 0.29) is 13.2 Å². The first-order valence-electron chi connectivity index (χ1n) is 4.20. The molecular weight excluding hydrogens is 188 g/mol. The first kappa shape index (κ1) is 12.4. The predicted molar refractivity (Wildman–Crippen MR) is 55.0 cm³/mol. The highest BCUT2D eigenvalue weighted by molar-refractivity contribution is 6.30. The lowest BCUT2D eigenvalue weighted by Gasteiger charge is -1.95. The Morgan fingerprint density at radius 1 is 1.15 bits per heavy atom. The Balaban J connectivity index is 0.000000424. The summed E-state index contributed by atoms with van der Waals surface area (Å²) >= 11 is 5.65. The Morgan fingerprint density at radius 2 is 1.62 bits per heavy atom. The van der Waals surface area contributed by atoms with Crippen LogP contribution in [0.1, 0.15) is 12.5 Å². The molecule has 0 aromatic heterocycles. The first-order chi connectivity index (χ1) is 6.24. The second-order valence-electron chi connectivity index (χ2n) is 2.42. The summed E-state index contributed by atoms with van der Waals surface area (Å²) in [6.45, 7) is 2.13. The maximum Gasteiger partial charge on any atom is 0.0471 e. The van der Waals surface area contributed by atoms with Gasteiger partial charge in [-0.1, -0.05) is 23.7 Å². The number of aliphatic hydroxyl groups is 2. The van der Waals surface area contributed by atoms with Gasteiger partial charge in [0, 0.05) is 18.2 Å². The van der Waals surface area contributed by atoms with Gasteiger partial charge in [-0.25, -0.2) is 0 Å². The van der Waals surface area contributed by atoms with E-state index in [2.05, 4.69) is 0 Å². The molecule has 0 fully saturated rings. The van der Waals surface area contributed by atoms with Gasteiger partial charge in [0.1, 0.15) is 0 Å². The quantitative estimate of drug-likeness (QED) is 0.769. The van der Waals surface area contributed by atoms with Crippen LogP contribution in [0.4, 0.5) is 0 Å². The van der Waals surface area contributed by atoms with Gasteiger partial charge in [-0.2, -0.15) is 0 Å². The molecule has 1 aromatic rings. The Labute approximate surface area is 83.8 Å². The molecule has 0 aliphatic carbocycles. The molecular formula is C10H15ClO2. The Hall–Kier alpha value is -0.570. The molecule has 74 valence electrons. The van der Waals surface area contributed by atoms with Crippen LogP contribution in [0.15, 0.2) is 24.3 Å². The van der Waals surface area contributed by atoms with Crippen LogP contribution in [0.3, 0.4) is 0 Å². The minimum Gasteiger partial charge on any atom is -0.397 e. The standard InChI is InChI=1S/C8H9ClO.C2H6O/c9-8-3-1-7(2-4-8)5-6-10;1-2-3/h1-4,10H,5-6H2;3H,2H2,1H3. The lowest BCUT2D eigenvalue weighted by molar-refractivity contribution is 0.299. The van der Waals surface area contributed by atoms with Gasteiger partial charge in [-0.3, -0.25) is 0 Å². The predicted octanol–water partition coefficient (Wildman–Crippen LogP) is 1.87. The van der Waals surface area contributed by atoms with E-state index >= 15 is 0 Å². The smallest absolute Gasteiger partial charge is 0.0471 e. The normalized spacial score (nSPS) is 8.92. The minimum atomic E-state index is 0.196. The van der Waals surface area contributed by atoms with Crippen molar-refractivity contribution in [3.63, 3.8) is 0 Å². The minimum absolute atomic E-state index is 0.196. The van der Waals surface area contributed by atoms with Crippen LogP contribution in [-0.2, 0) is 6.42 Å². The summed E-state index contributed by atoms with van der Waals surface area (Å²) in [6.07, 6.45) is 0.706. The van der Waals surface area contributed by atoms with Gasteiger partial charge in [0.25, 0.3) is 0 Å². The number of aliphatic hydroxyl groups excluding tert-OH is 2. The summed E-state index contributed by atoms with van der Waals surface area (Å²) in [7, 11) is 0. The van der Waals surface area contributed by atoms with E-state index in [9.17, 15) is 0 Å². The van der Waals surface area contributed by atoms with Gasteiger partial charge >= 0.3 is 0 Å². The van der Waals surface area contributed by atoms with E-state index in [0.717, 1.165) is 10.6 Å². The fraction of sp³-hybridized carbons (Fsp3) is 0.400. The van der Waals surface area contributed by atoms with Gasteiger partial charge in [-0.05, 0) is 31.0 Å². The van der Waals surface area contributed by atoms with Crippen LogP contribution in [0.2, 0.25) is 5.02 Å². The zero-order valence-electron chi connectivity index (χ0n) is 7.70. The van der Waals surface area contributed by atoms with Crippen LogP contribution in [0.25, 0.3) is 0 Å². The average Bonchev–Trinajstić information content (AvgIpc) is 2.11. The second kappa shape index (κ2) is 8.05. The van der Waals surface area contributed by atoms with Gasteiger partial charge < -0.3 is 10.2 Å². The summed E-state index contributed by atoms with van der Waals surface area (Å²) in [5, 5.41) is 16.9. The highest BCUT2D eigenvalue weighted by Gasteiger charge is 1.89. The van der Waals surface area contributed by atoms with Crippen LogP contribution in [0, 0.1) is 0 Å². The zero-order valence-corrected chi connectivity index (χ0v) is 8.46. The molecule has 0 radical (unpaired) electrons. The molecule has 0 saturated heterocycles. The maximum atomic E-state index is 8.56. The summed E-state index contributed by atoms with van der Waals surface area (Å²) in [5.41, 5.74) is 1.12. The van der Waals surface area contributed by atoms with Crippen LogP contribution < -0.4 is 0 Å². The molecule has 0 spiro atoms. The van der Waals surface area contributed by atoms with E-state index in [0.29, 0.717) is 6.42 Å². The van der Waals surface area contributed by atoms with Crippen LogP contribution >= 0.6 is 11.6 Å². The topological polar surface area (TPSA) is 40.5 Å². The molecule has 0 heterocycles. The molecule has 0 bridgehead atoms. The third kappa shape index (κ3) is 6.58. The van der Waals surface area contributed by atoms with Crippen molar-refractivity contribution in [2.75, 3.05) is 13.2 Å². The van der Waals surface area contributed by atoms with Crippen molar-refractivity contribution in [2.24, 2.45) is 0 Å². The highest BCUT2D eigenvalue weighted by Crippen LogP contribution is 2.09. The summed E-state index contributed by atoms with van der Waals surface area (Å²) in [4.78, 5) is 0. The van der Waals surface area contributed by atoms with Crippen molar-refractivity contribution in [3.05, 3.63) is 34.9 Å². The summed E-state index contributed by atoms with van der Waals surface area (Å²) in [6, 6.07) is 7.48. The van der Waals surface area contributed by atoms with Gasteiger partial charge in [0.2, 0.25) is 0 Å². The zero-order chi connectivity index (χ0) is 10.1. The van der Waals surface area contributed by atoms with Crippen molar-refractivity contribution in [1.82, 2.24) is 0 Å². The molecule has 0 unspecified atom stereocenters. The maximum absolute atomic E-state index is 8.56. The molecule has 2 N–H and O–H groups in total. The number of rotatable bonds is 2. The average molecular weight is 203 g/mol. The number of halogens is 1. The summed E-state index contributed by atoms with van der Waals surface area (Å²) in [5.74, 6) is 0. The lowest BCUT2D eigenvalue weighted by Crippen LogP contribution is -1.88. The first-order valence-corrected chi connectivity index (χ1v) is 4.58. The second-order valence-corrected chi connectivity index (χ2v) is 2.85. The fourth-order valence-corrected chi connectivity index (χ4v) is 0.906. The molecule has 0 atom stereocenters. The molecule has 1 rings (SSSR count). The molecule has 1 aromatic carbocycles. The Morgan fingerprint density at radius 3 is 2.00 bits per heavy atom. The van der Waals surface area contributed by atoms with E-state index < -0.39 is 0 Å². The molecule has 13 heavy (non-hydrogen) atoms. The van der Waals surface area contributed by atoms with E-state index in [4.69, 9.17) is 21.8 Å². The number of hydrogen-bond donors (Lipinski definition) is 2. The molecule has 0 aliphatic heterocycles. The largest absolute Gasteiger partial charge is 0.397 e. The highest BCUT2D eigenvalue weighted by atomic mass is 35.5. The van der Waals surface area contributed by atoms with E-state index in [1.165, 1.54) is 0 Å². The molecule has 2 nitrogen and oxygen atoms in total. The van der Waals surface area contributed by atoms with E-state index in [1.54, 1.807) is 6.92 Å². The monoisotopic (exact) mass is 202 g/mol. The SMILES string of the molecule is CCO.OCCc1ccc(Cl)cc1. The van der Waals surface area contributed by atoms with Gasteiger partial charge in [-0.15, -0.1) is 0 Å². The molecule has 0 aliphatic rings. The van der Waals surface area contributed by atoms with Crippen LogP contribution in [0.5, 0.6) is 0 Å². The third-order valence-corrected chi connectivity index (χ3v) is 1.57. The van der Waals surface area contributed by atoms with Crippen molar-refractivity contribution < 1.29 is 10.2 Å². The lowest BCUT2D eigenvalue weighted by atomic mass is 10.2. The fourth-order valence-electron chi connectivity index (χ4n) is 0.780. The summed E-state index contributed by atoms with van der Waals surface area (Å²) < 4.78 is 0. The number of hydrogen-bond acceptors (Lipinski definition) is 2. The Bertz CT molecular complexity index is 209. The van der Waals surface area contributed by atoms with Crippen molar-refractivity contribution in [3.8, 4) is 0 Å². The molecule has 0 amide bonds. The van der Waals surface area contributed by atoms with E-state index in [1.807, 2.05) is 24.3 Å². The van der Waals surface area contributed by atoms with Gasteiger partial charge in [0.05, 0.1) is 0 Å². The third-order valence-electron chi connectivity index (χ3n) is 1.31. The Kier molecular flexibility index (Phi) is 7.69. The molecule has 0 saturated carbocycles. The van der Waals surface area contributed by atoms with Crippen LogP contribution in [-0.4, -0.2) is 23.4 Å². The number of benzene rings is 1. The van der Waals surface area contributed by atoms with Gasteiger partial charge in [0.15, 0.2) is 0 Å². The van der Waals surface area contributed by atoms with Crippen molar-refractivity contribution in [1.29, 1.82) is 0 Å².